The Morgan fingerprint density at radius 2 is 1.63 bits per heavy atom. The van der Waals surface area contributed by atoms with E-state index in [-0.39, 0.29) is 119 Å². The molecule has 1 saturated carbocycles. The Labute approximate surface area is 535 Å². The minimum absolute atomic E-state index is 0.0134. The largest absolute Gasteiger partial charge is 0.493 e. The number of hydrogen-bond acceptors (Lipinski definition) is 26. The number of fused-ring (bicyclic) bond motifs is 2. The van der Waals surface area contributed by atoms with E-state index in [2.05, 4.69) is 51.7 Å². The van der Waals surface area contributed by atoms with E-state index in [0.717, 1.165) is 0 Å². The number of rotatable bonds is 26. The van der Waals surface area contributed by atoms with Crippen LogP contribution in [0.1, 0.15) is 84.0 Å². The fourth-order valence-electron chi connectivity index (χ4n) is 11.3. The van der Waals surface area contributed by atoms with Gasteiger partial charge in [-0.25, -0.2) is 4.79 Å². The second-order valence-corrected chi connectivity index (χ2v) is 27.7. The molecule has 7 rings (SSSR count). The molecule has 8 N–H and O–H groups in total. The van der Waals surface area contributed by atoms with E-state index in [1.165, 1.54) is 88.8 Å². The molecule has 0 spiro atoms. The van der Waals surface area contributed by atoms with Crippen LogP contribution in [0.2, 0.25) is 0 Å². The zero-order valence-electron chi connectivity index (χ0n) is 52.0. The van der Waals surface area contributed by atoms with Crippen LogP contribution >= 0.6 is 43.2 Å². The number of amides is 2. The van der Waals surface area contributed by atoms with Crippen LogP contribution in [0, 0.1) is 29.6 Å². The van der Waals surface area contributed by atoms with E-state index in [9.17, 15) is 34.8 Å². The van der Waals surface area contributed by atoms with Gasteiger partial charge in [-0.15, -0.1) is 0 Å². The summed E-state index contributed by atoms with van der Waals surface area (Å²) in [6, 6.07) is 1.53. The molecule has 1 aromatic rings. The van der Waals surface area contributed by atoms with E-state index in [4.69, 9.17) is 56.9 Å². The van der Waals surface area contributed by atoms with Crippen LogP contribution in [0.25, 0.3) is 0 Å². The smallest absolute Gasteiger partial charge is 0.340 e. The van der Waals surface area contributed by atoms with Crippen LogP contribution in [-0.4, -0.2) is 212 Å². The third-order valence-electron chi connectivity index (χ3n) is 15.9. The molecule has 0 aromatic heterocycles. The highest BCUT2D eigenvalue weighted by atomic mass is 33.5. The van der Waals surface area contributed by atoms with E-state index in [1.54, 1.807) is 34.0 Å². The number of ether oxygens (including phenoxy) is 11. The molecule has 24 nitrogen and oxygen atoms in total. The van der Waals surface area contributed by atoms with Crippen LogP contribution in [-0.2, 0) is 61.9 Å². The first kappa shape index (κ1) is 72.1. The molecule has 89 heavy (non-hydrogen) atoms. The van der Waals surface area contributed by atoms with Gasteiger partial charge >= 0.3 is 5.97 Å². The molecule has 28 heteroatoms. The Balaban J connectivity index is 1.27. The number of carbonyl (C=O) groups excluding carboxylic acids is 4. The van der Waals surface area contributed by atoms with Crippen molar-refractivity contribution in [1.29, 1.82) is 0 Å². The SMILES string of the molecule is C=C(OC)C(=O)Nc1cc(OC)c(OC)cc1C(=O)O[C@@H]1CC(O[C@@H]2C(=O)C(NC(=O)CC)=C3/C(=C\CSSSC)[C@]2(O)C#C/C=C\C#C[C@@H]3O[C@H]2O[C@H](C)[C@@H](NO[C@H]3C[C@H](O)[C@H](SC)[C@@H](C)O3)[C@H](O)[C@@H]2O[C@@H]2C[C@H](OC)C(NC(C)C)CO2)C[C@H](C)[C@@H]1O. The number of nitrogens with one attached hydrogen (secondary N) is 4. The van der Waals surface area contributed by atoms with Crippen LogP contribution < -0.4 is 30.9 Å². The molecule has 3 aliphatic heterocycles. The third-order valence-corrected chi connectivity index (χ3v) is 20.9. The lowest BCUT2D eigenvalue weighted by atomic mass is 9.73. The van der Waals surface area contributed by atoms with E-state index in [1.807, 2.05) is 33.3 Å². The summed E-state index contributed by atoms with van der Waals surface area (Å²) < 4.78 is 67.4. The minimum Gasteiger partial charge on any atom is -0.493 e. The highest BCUT2D eigenvalue weighted by Crippen LogP contribution is 2.45. The standard InChI is InChI=1S/C61H84N4O20S4/c1-14-46(67)64-51-49-37(20-22-88-89-87-13)61(73,57(54(51)70)81-35-23-31(4)52(68)45(24-35)82-59(72)36-25-43(76-10)44(77-11)26-38(36)63-58(71)34(7)74-8)21-18-16-15-17-19-41(49)83-60-55(84-47-28-42(75-9)39(29-78-47)62-30(2)3)53(69)50(32(5)80-60)65-85-48-27-40(66)56(86-12)33(6)79-48/h15-16,20,25-26,30-33,35,39-42,45,47-48,50,52-53,55-57,60,62,65-66,68-69,73H,7,14,22-24,27-29H2,1-6,8-13H3,(H,63,71)(H,64,67)/b16-15-,37-20+/t31-,32+,33+,35?,39?,40-,41-,42-,45+,47+,48-,50+,52-,53-,55-,56+,57+,60+,61+/m0/s1. The molecule has 3 heterocycles. The van der Waals surface area contributed by atoms with Crippen molar-refractivity contribution in [2.75, 3.05) is 58.6 Å². The molecular formula is C61H84N4O20S4. The number of aliphatic hydroxyl groups excluding tert-OH is 3. The molecule has 0 radical (unpaired) electrons. The van der Waals surface area contributed by atoms with Gasteiger partial charge in [0, 0.05) is 67.9 Å². The molecule has 3 aliphatic carbocycles. The fraction of sp³-hybridized carbons (Fsp3) is 0.639. The van der Waals surface area contributed by atoms with Crippen molar-refractivity contribution in [2.24, 2.45) is 5.92 Å². The first-order valence-electron chi connectivity index (χ1n) is 29.2. The number of benzene rings is 1. The van der Waals surface area contributed by atoms with E-state index < -0.39 is 115 Å². The van der Waals surface area contributed by atoms with Gasteiger partial charge in [-0.1, -0.05) is 85.6 Å². The van der Waals surface area contributed by atoms with Crippen LogP contribution in [0.15, 0.2) is 59.5 Å². The average Bonchev–Trinajstić information content (AvgIpc) is 0.971. The lowest BCUT2D eigenvalue weighted by Gasteiger charge is -2.47. The fourth-order valence-corrected chi connectivity index (χ4v) is 14.6. The zero-order valence-corrected chi connectivity index (χ0v) is 55.2. The number of anilines is 1. The summed E-state index contributed by atoms with van der Waals surface area (Å²) in [7, 11) is 9.89. The lowest BCUT2D eigenvalue weighted by Crippen LogP contribution is -2.65. The summed E-state index contributed by atoms with van der Waals surface area (Å²) >= 11 is 1.48. The van der Waals surface area contributed by atoms with Gasteiger partial charge in [0.05, 0.1) is 98.8 Å². The molecule has 2 unspecified atom stereocenters. The molecule has 19 atom stereocenters. The molecule has 3 saturated heterocycles. The summed E-state index contributed by atoms with van der Waals surface area (Å²) in [6.07, 6.45) is -7.51. The summed E-state index contributed by atoms with van der Waals surface area (Å²) in [5.41, 5.74) is -0.298. The highest BCUT2D eigenvalue weighted by molar-refractivity contribution is 9.09. The van der Waals surface area contributed by atoms with Gasteiger partial charge in [0.15, 0.2) is 47.8 Å². The number of thioether (sulfide) groups is 1. The zero-order chi connectivity index (χ0) is 64.9. The Hall–Kier alpha value is -4.38. The number of hydroxylamine groups is 1. The number of allylic oxidation sites excluding steroid dienone is 2. The van der Waals surface area contributed by atoms with Crippen LogP contribution in [0.3, 0.4) is 0 Å². The highest BCUT2D eigenvalue weighted by Gasteiger charge is 2.56. The van der Waals surface area contributed by atoms with Crippen LogP contribution in [0.4, 0.5) is 5.69 Å². The normalized spacial score (nSPS) is 34.5. The minimum atomic E-state index is -2.54. The molecular weight excluding hydrogens is 1240 g/mol. The van der Waals surface area contributed by atoms with Crippen molar-refractivity contribution in [2.45, 2.75) is 189 Å². The quantitative estimate of drug-likeness (QED) is 0.0122. The van der Waals surface area contributed by atoms with Gasteiger partial charge in [0.1, 0.15) is 24.4 Å². The van der Waals surface area contributed by atoms with Crippen molar-refractivity contribution in [3.05, 3.63) is 65.1 Å². The molecule has 1 aromatic carbocycles. The topological polar surface area (TPSA) is 308 Å². The number of carbonyl (C=O) groups is 4. The van der Waals surface area contributed by atoms with Crippen molar-refractivity contribution < 1.29 is 96.5 Å². The lowest BCUT2D eigenvalue weighted by molar-refractivity contribution is -0.336. The van der Waals surface area contributed by atoms with Crippen molar-refractivity contribution in [3.63, 3.8) is 0 Å². The van der Waals surface area contributed by atoms with Gasteiger partial charge in [0.25, 0.3) is 5.91 Å². The van der Waals surface area contributed by atoms with Gasteiger partial charge in [0.2, 0.25) is 11.7 Å². The van der Waals surface area contributed by atoms with Gasteiger partial charge < -0.3 is 88.5 Å². The summed E-state index contributed by atoms with van der Waals surface area (Å²) in [6.45, 7) is 14.6. The summed E-state index contributed by atoms with van der Waals surface area (Å²) in [5, 5.41) is 57.4. The number of aliphatic hydroxyl groups is 4. The number of hydrogen-bond donors (Lipinski definition) is 8. The Morgan fingerprint density at radius 1 is 0.899 bits per heavy atom. The predicted octanol–water partition coefficient (Wildman–Crippen LogP) is 4.25. The average molecular weight is 1320 g/mol. The first-order chi connectivity index (χ1) is 42.5. The molecule has 2 bridgehead atoms. The summed E-state index contributed by atoms with van der Waals surface area (Å²) in [4.78, 5) is 62.9. The maximum Gasteiger partial charge on any atom is 0.340 e. The molecule has 492 valence electrons. The number of methoxy groups -OCH3 is 4. The third kappa shape index (κ3) is 17.7. The second-order valence-electron chi connectivity index (χ2n) is 22.3. The van der Waals surface area contributed by atoms with Gasteiger partial charge in [-0.3, -0.25) is 19.2 Å². The second kappa shape index (κ2) is 33.5. The maximum absolute atomic E-state index is 15.7. The van der Waals surface area contributed by atoms with Gasteiger partial charge in [-0.05, 0) is 60.7 Å². The number of Topliss-reactive ketones (excluding diaryl/α,β-unsaturated/α-hetero) is 1. The number of esters is 1. The summed E-state index contributed by atoms with van der Waals surface area (Å²) in [5.74, 6) is 8.03. The van der Waals surface area contributed by atoms with Gasteiger partial charge in [-0.2, -0.15) is 17.2 Å². The van der Waals surface area contributed by atoms with E-state index >= 15 is 4.79 Å². The van der Waals surface area contributed by atoms with Crippen molar-refractivity contribution in [1.82, 2.24) is 16.1 Å². The Kier molecular flexibility index (Phi) is 27.1. The van der Waals surface area contributed by atoms with Crippen LogP contribution in [0.5, 0.6) is 11.5 Å². The Bertz CT molecular complexity index is 2880. The molecule has 2 amide bonds. The Morgan fingerprint density at radius 3 is 2.29 bits per heavy atom. The predicted molar refractivity (Wildman–Crippen MR) is 336 cm³/mol. The maximum atomic E-state index is 15.7. The van der Waals surface area contributed by atoms with E-state index in [0.29, 0.717) is 0 Å². The monoisotopic (exact) mass is 1320 g/mol. The number of ketones is 1. The van der Waals surface area contributed by atoms with Crippen molar-refractivity contribution in [3.8, 4) is 35.2 Å². The molecule has 6 aliphatic rings. The first-order valence-corrected chi connectivity index (χ1v) is 34.6. The van der Waals surface area contributed by atoms with Crippen molar-refractivity contribution >= 4 is 72.4 Å². The molecule has 4 fully saturated rings.